The highest BCUT2D eigenvalue weighted by atomic mass is 35.5. The van der Waals surface area contributed by atoms with Gasteiger partial charge in [0.15, 0.2) is 11.5 Å². The Balaban J connectivity index is 1.89. The van der Waals surface area contributed by atoms with Gasteiger partial charge in [0, 0.05) is 15.7 Å². The second-order valence-electron chi connectivity index (χ2n) is 4.64. The molecule has 0 unspecified atom stereocenters. The van der Waals surface area contributed by atoms with Gasteiger partial charge in [0.2, 0.25) is 5.82 Å². The van der Waals surface area contributed by atoms with Crippen molar-refractivity contribution in [3.63, 3.8) is 0 Å². The van der Waals surface area contributed by atoms with Crippen LogP contribution in [-0.2, 0) is 0 Å². The predicted octanol–water partition coefficient (Wildman–Crippen LogP) is 4.18. The van der Waals surface area contributed by atoms with Gasteiger partial charge >= 0.3 is 0 Å². The first kappa shape index (κ1) is 16.3. The van der Waals surface area contributed by atoms with E-state index in [0.29, 0.717) is 15.7 Å². The molecule has 3 N–H and O–H groups in total. The maximum absolute atomic E-state index is 9.38. The molecule has 3 rings (SSSR count). The molecule has 7 nitrogen and oxygen atoms in total. The van der Waals surface area contributed by atoms with Gasteiger partial charge in [-0.2, -0.15) is 0 Å². The fourth-order valence-corrected chi connectivity index (χ4v) is 2.12. The first-order valence-corrected chi connectivity index (χ1v) is 7.51. The van der Waals surface area contributed by atoms with E-state index in [-0.39, 0.29) is 17.3 Å². The van der Waals surface area contributed by atoms with Gasteiger partial charge in [-0.3, -0.25) is 10.7 Å². The van der Waals surface area contributed by atoms with E-state index >= 15 is 0 Å². The number of hydroxylamine groups is 1. The fourth-order valence-electron chi connectivity index (χ4n) is 1.87. The summed E-state index contributed by atoms with van der Waals surface area (Å²) in [6.45, 7) is 0. The molecular formula is C15H11Cl2N5O2. The number of halogens is 2. The van der Waals surface area contributed by atoms with Gasteiger partial charge in [0.05, 0.1) is 5.69 Å². The van der Waals surface area contributed by atoms with E-state index in [1.165, 1.54) is 0 Å². The fraction of sp³-hybridized carbons (Fsp3) is 0. The zero-order valence-corrected chi connectivity index (χ0v) is 13.6. The van der Waals surface area contributed by atoms with Crippen molar-refractivity contribution in [2.45, 2.75) is 0 Å². The molecule has 0 aliphatic heterocycles. The Bertz CT molecular complexity index is 847. The van der Waals surface area contributed by atoms with Gasteiger partial charge in [-0.1, -0.05) is 23.2 Å². The van der Waals surface area contributed by atoms with E-state index in [9.17, 15) is 5.21 Å². The monoisotopic (exact) mass is 363 g/mol. The smallest absolute Gasteiger partial charge is 0.206 e. The summed E-state index contributed by atoms with van der Waals surface area (Å²) in [6, 6.07) is 13.7. The Labute approximate surface area is 146 Å². The molecule has 0 bridgehead atoms. The zero-order chi connectivity index (χ0) is 16.9. The van der Waals surface area contributed by atoms with Crippen LogP contribution < -0.4 is 10.8 Å². The molecule has 24 heavy (non-hydrogen) atoms. The van der Waals surface area contributed by atoms with Gasteiger partial charge in [0.25, 0.3) is 0 Å². The number of nitrogens with one attached hydrogen (secondary N) is 2. The van der Waals surface area contributed by atoms with Crippen LogP contribution in [0.25, 0.3) is 0 Å². The van der Waals surface area contributed by atoms with E-state index in [1.54, 1.807) is 48.5 Å². The van der Waals surface area contributed by atoms with Crippen molar-refractivity contribution in [1.82, 2.24) is 15.8 Å². The van der Waals surface area contributed by atoms with Crippen molar-refractivity contribution in [2.24, 2.45) is 4.99 Å². The number of benzene rings is 2. The molecule has 0 saturated carbocycles. The van der Waals surface area contributed by atoms with Crippen LogP contribution in [-0.4, -0.2) is 21.4 Å². The number of hydrogen-bond acceptors (Lipinski definition) is 6. The van der Waals surface area contributed by atoms with Crippen LogP contribution in [0.5, 0.6) is 0 Å². The zero-order valence-electron chi connectivity index (χ0n) is 12.1. The Morgan fingerprint density at radius 1 is 0.958 bits per heavy atom. The Morgan fingerprint density at radius 3 is 2.21 bits per heavy atom. The van der Waals surface area contributed by atoms with Crippen LogP contribution in [0.3, 0.4) is 0 Å². The first-order valence-electron chi connectivity index (χ1n) is 6.75. The Kier molecular flexibility index (Phi) is 4.95. The molecule has 122 valence electrons. The molecule has 0 saturated heterocycles. The lowest BCUT2D eigenvalue weighted by atomic mass is 10.3. The summed E-state index contributed by atoms with van der Waals surface area (Å²) in [7, 11) is 0. The van der Waals surface area contributed by atoms with E-state index < -0.39 is 0 Å². The lowest BCUT2D eigenvalue weighted by Gasteiger charge is -2.05. The van der Waals surface area contributed by atoms with E-state index in [0.717, 1.165) is 5.69 Å². The molecule has 0 amide bonds. The summed E-state index contributed by atoms with van der Waals surface area (Å²) in [5.41, 5.74) is 3.50. The lowest BCUT2D eigenvalue weighted by molar-refractivity contribution is 0.234. The molecule has 0 atom stereocenters. The average molecular weight is 364 g/mol. The lowest BCUT2D eigenvalue weighted by Crippen LogP contribution is -2.21. The number of nitrogens with zero attached hydrogens (tertiary/aromatic N) is 3. The van der Waals surface area contributed by atoms with Gasteiger partial charge in [-0.05, 0) is 58.8 Å². The van der Waals surface area contributed by atoms with Crippen molar-refractivity contribution in [3.05, 3.63) is 64.3 Å². The number of aliphatic imine (C=N–C) groups is 1. The molecule has 9 heteroatoms. The Morgan fingerprint density at radius 2 is 1.58 bits per heavy atom. The number of amidine groups is 1. The topological polar surface area (TPSA) is 95.6 Å². The average Bonchev–Trinajstić information content (AvgIpc) is 3.04. The Hall–Kier alpha value is -2.61. The van der Waals surface area contributed by atoms with E-state index in [1.807, 2.05) is 5.48 Å². The second-order valence-corrected chi connectivity index (χ2v) is 5.51. The molecule has 0 radical (unpaired) electrons. The minimum Gasteiger partial charge on any atom is -0.335 e. The van der Waals surface area contributed by atoms with E-state index in [4.69, 9.17) is 27.8 Å². The van der Waals surface area contributed by atoms with Gasteiger partial charge in [-0.25, -0.2) is 9.62 Å². The third kappa shape index (κ3) is 3.83. The first-order chi connectivity index (χ1) is 11.7. The van der Waals surface area contributed by atoms with Gasteiger partial charge in [-0.15, -0.1) is 0 Å². The summed E-state index contributed by atoms with van der Waals surface area (Å²) in [5, 5.41) is 21.1. The summed E-state index contributed by atoms with van der Waals surface area (Å²) in [4.78, 5) is 4.25. The second kappa shape index (κ2) is 7.31. The maximum atomic E-state index is 9.38. The molecule has 0 fully saturated rings. The van der Waals surface area contributed by atoms with Gasteiger partial charge in [0.1, 0.15) is 0 Å². The minimum absolute atomic E-state index is 0.0648. The van der Waals surface area contributed by atoms with Crippen molar-refractivity contribution in [3.8, 4) is 0 Å². The highest BCUT2D eigenvalue weighted by Gasteiger charge is 2.16. The van der Waals surface area contributed by atoms with Crippen molar-refractivity contribution >= 4 is 46.2 Å². The largest absolute Gasteiger partial charge is 0.335 e. The summed E-state index contributed by atoms with van der Waals surface area (Å²) >= 11 is 11.7. The molecular weight excluding hydrogens is 353 g/mol. The number of anilines is 2. The quantitative estimate of drug-likeness (QED) is 0.365. The van der Waals surface area contributed by atoms with Crippen LogP contribution in [0, 0.1) is 0 Å². The standard InChI is InChI=1S/C15H11Cl2N5O2/c16-9-1-5-11(6-2-9)18-14(20-23)13-15(22-24-21-13)19-12-7-3-10(17)4-8-12/h1-8,23H,(H,18,20)(H,19,22). The number of hydrogen-bond donors (Lipinski definition) is 3. The van der Waals surface area contributed by atoms with Crippen molar-refractivity contribution in [2.75, 3.05) is 5.32 Å². The van der Waals surface area contributed by atoms with Crippen molar-refractivity contribution < 1.29 is 9.84 Å². The molecule has 3 aromatic rings. The van der Waals surface area contributed by atoms with Crippen LogP contribution >= 0.6 is 23.2 Å². The third-order valence-electron chi connectivity index (χ3n) is 2.99. The SMILES string of the molecule is ONC(=Nc1ccc(Cl)cc1)c1nonc1Nc1ccc(Cl)cc1. The van der Waals surface area contributed by atoms with Crippen molar-refractivity contribution in [1.29, 1.82) is 0 Å². The van der Waals surface area contributed by atoms with Crippen LogP contribution in [0.4, 0.5) is 17.2 Å². The summed E-state index contributed by atoms with van der Waals surface area (Å²) in [5.74, 6) is 0.349. The predicted molar refractivity (Wildman–Crippen MR) is 91.6 cm³/mol. The molecule has 2 aromatic carbocycles. The maximum Gasteiger partial charge on any atom is 0.206 e. The summed E-state index contributed by atoms with van der Waals surface area (Å²) < 4.78 is 4.74. The molecule has 1 aromatic heterocycles. The minimum atomic E-state index is 0.0648. The highest BCUT2D eigenvalue weighted by molar-refractivity contribution is 6.30. The van der Waals surface area contributed by atoms with Gasteiger partial charge < -0.3 is 5.32 Å². The molecule has 0 aliphatic rings. The highest BCUT2D eigenvalue weighted by Crippen LogP contribution is 2.22. The molecule has 1 heterocycles. The van der Waals surface area contributed by atoms with Crippen LogP contribution in [0.1, 0.15) is 5.69 Å². The normalized spacial score (nSPS) is 11.4. The van der Waals surface area contributed by atoms with Crippen LogP contribution in [0.2, 0.25) is 10.0 Å². The number of aromatic nitrogens is 2. The summed E-state index contributed by atoms with van der Waals surface area (Å²) in [6.07, 6.45) is 0. The van der Waals surface area contributed by atoms with E-state index in [2.05, 4.69) is 20.6 Å². The molecule has 0 spiro atoms. The molecule has 0 aliphatic carbocycles. The third-order valence-corrected chi connectivity index (χ3v) is 3.50. The van der Waals surface area contributed by atoms with Crippen LogP contribution in [0.15, 0.2) is 58.2 Å². The number of rotatable bonds is 4.